The molecule has 3 aromatic rings. The Labute approximate surface area is 163 Å². The quantitative estimate of drug-likeness (QED) is 0.555. The Morgan fingerprint density at radius 1 is 1.19 bits per heavy atom. The van der Waals surface area contributed by atoms with Crippen LogP contribution >= 0.6 is 12.2 Å². The second kappa shape index (κ2) is 7.84. The molecule has 8 heteroatoms. The highest BCUT2D eigenvalue weighted by atomic mass is 32.2. The molecule has 27 heavy (non-hydrogen) atoms. The molecule has 0 fully saturated rings. The predicted molar refractivity (Wildman–Crippen MR) is 107 cm³/mol. The zero-order valence-corrected chi connectivity index (χ0v) is 17.1. The van der Waals surface area contributed by atoms with Gasteiger partial charge >= 0.3 is 0 Å². The molecular weight excluding hydrogens is 384 g/mol. The van der Waals surface area contributed by atoms with Crippen molar-refractivity contribution in [3.63, 3.8) is 0 Å². The highest BCUT2D eigenvalue weighted by Gasteiger charge is 2.16. The number of ether oxygens (including phenoxy) is 1. The van der Waals surface area contributed by atoms with Gasteiger partial charge in [0.25, 0.3) is 4.84 Å². The first-order valence-corrected chi connectivity index (χ1v) is 10.6. The Balaban J connectivity index is 1.87. The SMILES string of the molecule is CCS(=O)(=O)c1ccc2oc(=S)n(CN(C)Cc3ccc(OC)cc3)c2c1. The van der Waals surface area contributed by atoms with Gasteiger partial charge in [-0.15, -0.1) is 0 Å². The number of aromatic nitrogens is 1. The molecule has 0 saturated carbocycles. The van der Waals surface area contributed by atoms with Gasteiger partial charge in [0.1, 0.15) is 5.75 Å². The van der Waals surface area contributed by atoms with E-state index in [1.54, 1.807) is 32.2 Å². The van der Waals surface area contributed by atoms with Crippen molar-refractivity contribution in [1.29, 1.82) is 0 Å². The second-order valence-electron chi connectivity index (χ2n) is 6.33. The van der Waals surface area contributed by atoms with Crippen molar-refractivity contribution in [2.45, 2.75) is 25.0 Å². The Bertz CT molecular complexity index is 1100. The molecule has 0 aliphatic rings. The third kappa shape index (κ3) is 4.23. The van der Waals surface area contributed by atoms with Crippen LogP contribution in [0.5, 0.6) is 5.75 Å². The monoisotopic (exact) mass is 406 g/mol. The van der Waals surface area contributed by atoms with Crippen molar-refractivity contribution in [1.82, 2.24) is 9.47 Å². The lowest BCUT2D eigenvalue weighted by atomic mass is 10.2. The molecule has 0 aliphatic carbocycles. The standard InChI is InChI=1S/C19H22N2O4S2/c1-4-27(22,23)16-9-10-18-17(11-16)21(19(26)25-18)13-20(2)12-14-5-7-15(24-3)8-6-14/h5-11H,4,12-13H2,1-3H3. The number of rotatable bonds is 7. The lowest BCUT2D eigenvalue weighted by Gasteiger charge is -2.18. The van der Waals surface area contributed by atoms with E-state index in [1.807, 2.05) is 35.9 Å². The van der Waals surface area contributed by atoms with Gasteiger partial charge in [0, 0.05) is 6.54 Å². The first kappa shape index (κ1) is 19.6. The minimum atomic E-state index is -3.30. The summed E-state index contributed by atoms with van der Waals surface area (Å²) in [4.78, 5) is 2.67. The normalized spacial score (nSPS) is 12.0. The first-order valence-electron chi connectivity index (χ1n) is 8.51. The Kier molecular flexibility index (Phi) is 5.69. The zero-order chi connectivity index (χ0) is 19.6. The molecule has 0 saturated heterocycles. The lowest BCUT2D eigenvalue weighted by Crippen LogP contribution is -2.21. The molecule has 1 heterocycles. The van der Waals surface area contributed by atoms with Crippen LogP contribution in [0.1, 0.15) is 12.5 Å². The molecule has 6 nitrogen and oxygen atoms in total. The van der Waals surface area contributed by atoms with E-state index in [0.29, 0.717) is 29.2 Å². The summed E-state index contributed by atoms with van der Waals surface area (Å²) in [5, 5.41) is 0. The molecule has 0 bridgehead atoms. The van der Waals surface area contributed by atoms with Crippen molar-refractivity contribution < 1.29 is 17.6 Å². The van der Waals surface area contributed by atoms with Gasteiger partial charge < -0.3 is 9.15 Å². The largest absolute Gasteiger partial charge is 0.497 e. The third-order valence-electron chi connectivity index (χ3n) is 4.37. The lowest BCUT2D eigenvalue weighted by molar-refractivity contribution is 0.257. The van der Waals surface area contributed by atoms with Crippen molar-refractivity contribution in [3.05, 3.63) is 52.9 Å². The number of fused-ring (bicyclic) bond motifs is 1. The second-order valence-corrected chi connectivity index (χ2v) is 8.96. The van der Waals surface area contributed by atoms with Crippen LogP contribution in [0.25, 0.3) is 11.1 Å². The van der Waals surface area contributed by atoms with Gasteiger partial charge in [-0.2, -0.15) is 0 Å². The minimum Gasteiger partial charge on any atom is -0.497 e. The Morgan fingerprint density at radius 3 is 2.52 bits per heavy atom. The number of nitrogens with zero attached hydrogens (tertiary/aromatic N) is 2. The number of oxazole rings is 1. The van der Waals surface area contributed by atoms with Crippen LogP contribution in [0.3, 0.4) is 0 Å². The van der Waals surface area contributed by atoms with Crippen LogP contribution in [-0.4, -0.2) is 37.8 Å². The molecule has 0 spiro atoms. The van der Waals surface area contributed by atoms with E-state index in [0.717, 1.165) is 11.3 Å². The molecule has 0 aliphatic heterocycles. The van der Waals surface area contributed by atoms with E-state index in [-0.39, 0.29) is 10.6 Å². The van der Waals surface area contributed by atoms with Crippen molar-refractivity contribution in [3.8, 4) is 5.75 Å². The van der Waals surface area contributed by atoms with Crippen LogP contribution in [0.4, 0.5) is 0 Å². The summed E-state index contributed by atoms with van der Waals surface area (Å²) < 4.78 is 37.0. The van der Waals surface area contributed by atoms with Gasteiger partial charge in [-0.25, -0.2) is 8.42 Å². The summed E-state index contributed by atoms with van der Waals surface area (Å²) in [6.07, 6.45) is 0. The fourth-order valence-electron chi connectivity index (χ4n) is 2.87. The van der Waals surface area contributed by atoms with Crippen LogP contribution in [0.15, 0.2) is 51.8 Å². The third-order valence-corrected chi connectivity index (χ3v) is 6.41. The molecule has 3 rings (SSSR count). The maximum atomic E-state index is 12.2. The van der Waals surface area contributed by atoms with Crippen molar-refractivity contribution in [2.75, 3.05) is 19.9 Å². The molecule has 0 atom stereocenters. The molecule has 144 valence electrons. The summed E-state index contributed by atoms with van der Waals surface area (Å²) in [5.41, 5.74) is 2.39. The number of sulfone groups is 1. The summed E-state index contributed by atoms with van der Waals surface area (Å²) in [5.74, 6) is 0.864. The Hall–Kier alpha value is -2.16. The highest BCUT2D eigenvalue weighted by molar-refractivity contribution is 7.91. The van der Waals surface area contributed by atoms with Gasteiger partial charge in [0.05, 0.1) is 29.9 Å². The predicted octanol–water partition coefficient (Wildman–Crippen LogP) is 3.86. The molecule has 1 aromatic heterocycles. The molecule has 0 radical (unpaired) electrons. The van der Waals surface area contributed by atoms with Gasteiger partial charge in [0.15, 0.2) is 15.4 Å². The van der Waals surface area contributed by atoms with Crippen LogP contribution in [0.2, 0.25) is 0 Å². The number of hydrogen-bond donors (Lipinski definition) is 0. The minimum absolute atomic E-state index is 0.0501. The number of hydrogen-bond acceptors (Lipinski definition) is 6. The van der Waals surface area contributed by atoms with E-state index in [9.17, 15) is 8.42 Å². The summed E-state index contributed by atoms with van der Waals surface area (Å²) in [7, 11) is 0.313. The maximum Gasteiger partial charge on any atom is 0.270 e. The summed E-state index contributed by atoms with van der Waals surface area (Å²) in [6, 6.07) is 12.7. The summed E-state index contributed by atoms with van der Waals surface area (Å²) >= 11 is 5.34. The summed E-state index contributed by atoms with van der Waals surface area (Å²) in [6.45, 7) is 2.81. The molecule has 0 N–H and O–H groups in total. The van der Waals surface area contributed by atoms with Crippen molar-refractivity contribution >= 4 is 33.2 Å². The van der Waals surface area contributed by atoms with E-state index in [1.165, 1.54) is 0 Å². The molecular formula is C19H22N2O4S2. The smallest absolute Gasteiger partial charge is 0.270 e. The van der Waals surface area contributed by atoms with E-state index in [4.69, 9.17) is 21.4 Å². The van der Waals surface area contributed by atoms with Gasteiger partial charge in [-0.05, 0) is 55.2 Å². The fraction of sp³-hybridized carbons (Fsp3) is 0.316. The maximum absolute atomic E-state index is 12.2. The highest BCUT2D eigenvalue weighted by Crippen LogP contribution is 2.23. The Morgan fingerprint density at radius 2 is 1.89 bits per heavy atom. The average molecular weight is 407 g/mol. The van der Waals surface area contributed by atoms with Crippen LogP contribution < -0.4 is 4.74 Å². The topological polar surface area (TPSA) is 64.7 Å². The van der Waals surface area contributed by atoms with E-state index in [2.05, 4.69) is 4.90 Å². The van der Waals surface area contributed by atoms with E-state index >= 15 is 0 Å². The zero-order valence-electron chi connectivity index (χ0n) is 15.5. The number of methoxy groups -OCH3 is 1. The number of benzene rings is 2. The van der Waals surface area contributed by atoms with E-state index < -0.39 is 9.84 Å². The fourth-order valence-corrected chi connectivity index (χ4v) is 4.02. The first-order chi connectivity index (χ1) is 12.8. The van der Waals surface area contributed by atoms with Gasteiger partial charge in [-0.3, -0.25) is 9.47 Å². The average Bonchev–Trinajstić information content (AvgIpc) is 2.97. The van der Waals surface area contributed by atoms with Crippen LogP contribution in [-0.2, 0) is 23.1 Å². The van der Waals surface area contributed by atoms with Gasteiger partial charge in [-0.1, -0.05) is 19.1 Å². The van der Waals surface area contributed by atoms with Crippen molar-refractivity contribution in [2.24, 2.45) is 0 Å². The molecule has 0 amide bonds. The van der Waals surface area contributed by atoms with Crippen LogP contribution in [0, 0.1) is 4.84 Å². The van der Waals surface area contributed by atoms with Gasteiger partial charge in [0.2, 0.25) is 0 Å². The molecule has 2 aromatic carbocycles. The molecule has 0 unspecified atom stereocenters.